The topological polar surface area (TPSA) is 22.1 Å². The van der Waals surface area contributed by atoms with Crippen molar-refractivity contribution in [2.45, 2.75) is 12.8 Å². The fourth-order valence-electron chi connectivity index (χ4n) is 0.932. The van der Waals surface area contributed by atoms with Crippen molar-refractivity contribution in [3.8, 4) is 5.88 Å². The highest BCUT2D eigenvalue weighted by Crippen LogP contribution is 2.19. The highest BCUT2D eigenvalue weighted by atomic mass is 79.9. The van der Waals surface area contributed by atoms with Gasteiger partial charge in [-0.15, -0.1) is 0 Å². The van der Waals surface area contributed by atoms with Crippen molar-refractivity contribution in [3.05, 3.63) is 23.9 Å². The second-order valence-electron chi connectivity index (χ2n) is 2.69. The molecule has 0 fully saturated rings. The number of rotatable bonds is 3. The molecule has 0 bridgehead atoms. The van der Waals surface area contributed by atoms with Crippen molar-refractivity contribution in [3.63, 3.8) is 0 Å². The van der Waals surface area contributed by atoms with Crippen molar-refractivity contribution in [1.29, 1.82) is 0 Å². The van der Waals surface area contributed by atoms with Gasteiger partial charge >= 0.3 is 0 Å². The Balaban J connectivity index is 2.86. The molecule has 0 aliphatic heterocycles. The van der Waals surface area contributed by atoms with Gasteiger partial charge < -0.3 is 4.74 Å². The van der Waals surface area contributed by atoms with E-state index in [1.165, 1.54) is 5.56 Å². The largest absolute Gasteiger partial charge is 0.481 e. The van der Waals surface area contributed by atoms with E-state index in [-0.39, 0.29) is 0 Å². The Kier molecular flexibility index (Phi) is 3.53. The molecule has 0 saturated carbocycles. The Hall–Kier alpha value is -0.570. The van der Waals surface area contributed by atoms with Crippen molar-refractivity contribution < 1.29 is 4.74 Å². The minimum Gasteiger partial charge on any atom is -0.481 e. The quantitative estimate of drug-likeness (QED) is 0.744. The molecule has 1 aromatic rings. The molecule has 66 valence electrons. The number of pyridine rings is 1. The minimum absolute atomic E-state index is 0.502. The van der Waals surface area contributed by atoms with Gasteiger partial charge in [-0.2, -0.15) is 0 Å². The van der Waals surface area contributed by atoms with Gasteiger partial charge in [-0.1, -0.05) is 22.9 Å². The average molecular weight is 230 g/mol. The van der Waals surface area contributed by atoms with Crippen LogP contribution in [0.25, 0.3) is 0 Å². The lowest BCUT2D eigenvalue weighted by Gasteiger charge is -2.08. The lowest BCUT2D eigenvalue weighted by molar-refractivity contribution is 0.397. The fraction of sp³-hybridized carbons (Fsp3) is 0.444. The maximum absolute atomic E-state index is 5.02. The molecule has 3 heteroatoms. The predicted octanol–water partition coefficient (Wildman–Crippen LogP) is 2.59. The molecule has 1 unspecified atom stereocenters. The van der Waals surface area contributed by atoms with Crippen LogP contribution in [0.4, 0.5) is 0 Å². The van der Waals surface area contributed by atoms with Crippen molar-refractivity contribution >= 4 is 15.9 Å². The van der Waals surface area contributed by atoms with Gasteiger partial charge in [-0.3, -0.25) is 0 Å². The van der Waals surface area contributed by atoms with Crippen molar-refractivity contribution in [1.82, 2.24) is 4.98 Å². The smallest absolute Gasteiger partial charge is 0.213 e. The van der Waals surface area contributed by atoms with Gasteiger partial charge in [0, 0.05) is 17.6 Å². The Morgan fingerprint density at radius 2 is 2.42 bits per heavy atom. The third kappa shape index (κ3) is 2.21. The second kappa shape index (κ2) is 4.45. The van der Waals surface area contributed by atoms with Crippen LogP contribution in [-0.2, 0) is 0 Å². The normalized spacial score (nSPS) is 12.6. The van der Waals surface area contributed by atoms with Crippen LogP contribution in [-0.4, -0.2) is 17.4 Å². The Labute approximate surface area is 81.1 Å². The van der Waals surface area contributed by atoms with Crippen LogP contribution in [0.5, 0.6) is 5.88 Å². The third-order valence-electron chi connectivity index (χ3n) is 1.77. The van der Waals surface area contributed by atoms with Gasteiger partial charge in [0.15, 0.2) is 0 Å². The summed E-state index contributed by atoms with van der Waals surface area (Å²) in [6, 6.07) is 3.97. The average Bonchev–Trinajstić information content (AvgIpc) is 2.17. The Morgan fingerprint density at radius 3 is 3.00 bits per heavy atom. The molecule has 0 spiro atoms. The van der Waals surface area contributed by atoms with Gasteiger partial charge in [0.25, 0.3) is 0 Å². The lowest BCUT2D eigenvalue weighted by atomic mass is 10.1. The summed E-state index contributed by atoms with van der Waals surface area (Å²) in [6.45, 7) is 2.16. The number of nitrogens with zero attached hydrogens (tertiary/aromatic N) is 1. The van der Waals surface area contributed by atoms with E-state index in [1.807, 2.05) is 12.1 Å². The van der Waals surface area contributed by atoms with Gasteiger partial charge in [0.1, 0.15) is 0 Å². The van der Waals surface area contributed by atoms with Gasteiger partial charge in [-0.25, -0.2) is 4.98 Å². The molecule has 2 nitrogen and oxygen atoms in total. The lowest BCUT2D eigenvalue weighted by Crippen LogP contribution is -1.96. The summed E-state index contributed by atoms with van der Waals surface area (Å²) in [7, 11) is 1.63. The molecular weight excluding hydrogens is 218 g/mol. The zero-order valence-electron chi connectivity index (χ0n) is 7.25. The molecule has 1 aromatic heterocycles. The molecule has 0 radical (unpaired) electrons. The standard InChI is InChI=1S/C9H12BrNO/c1-7(6-10)8-3-4-11-9(5-8)12-2/h3-5,7H,6H2,1-2H3. The zero-order valence-corrected chi connectivity index (χ0v) is 8.84. The van der Waals surface area contributed by atoms with Crippen LogP contribution < -0.4 is 4.74 Å². The maximum Gasteiger partial charge on any atom is 0.213 e. The second-order valence-corrected chi connectivity index (χ2v) is 3.33. The molecule has 0 amide bonds. The van der Waals surface area contributed by atoms with E-state index in [9.17, 15) is 0 Å². The molecular formula is C9H12BrNO. The van der Waals surface area contributed by atoms with Crippen LogP contribution >= 0.6 is 15.9 Å². The molecule has 0 aromatic carbocycles. The molecule has 0 saturated heterocycles. The molecule has 1 atom stereocenters. The third-order valence-corrected chi connectivity index (χ3v) is 2.74. The van der Waals surface area contributed by atoms with E-state index in [0.717, 1.165) is 5.33 Å². The number of aromatic nitrogens is 1. The summed E-state index contributed by atoms with van der Waals surface area (Å²) < 4.78 is 5.02. The number of alkyl halides is 1. The van der Waals surface area contributed by atoms with E-state index in [0.29, 0.717) is 11.8 Å². The van der Waals surface area contributed by atoms with E-state index in [4.69, 9.17) is 4.74 Å². The van der Waals surface area contributed by atoms with Gasteiger partial charge in [-0.05, 0) is 17.5 Å². The Bertz CT molecular complexity index is 252. The van der Waals surface area contributed by atoms with Crippen molar-refractivity contribution in [2.24, 2.45) is 0 Å². The van der Waals surface area contributed by atoms with E-state index < -0.39 is 0 Å². The van der Waals surface area contributed by atoms with E-state index in [1.54, 1.807) is 13.3 Å². The zero-order chi connectivity index (χ0) is 8.97. The summed E-state index contributed by atoms with van der Waals surface area (Å²) in [5, 5.41) is 0.958. The monoisotopic (exact) mass is 229 g/mol. The number of ether oxygens (including phenoxy) is 1. The van der Waals surface area contributed by atoms with E-state index in [2.05, 4.69) is 27.8 Å². The first kappa shape index (κ1) is 9.52. The number of hydrogen-bond acceptors (Lipinski definition) is 2. The summed E-state index contributed by atoms with van der Waals surface area (Å²) in [4.78, 5) is 4.04. The highest BCUT2D eigenvalue weighted by Gasteiger charge is 2.04. The first-order chi connectivity index (χ1) is 5.77. The van der Waals surface area contributed by atoms with Crippen LogP contribution in [0.1, 0.15) is 18.4 Å². The summed E-state index contributed by atoms with van der Waals surface area (Å²) in [5.74, 6) is 1.18. The van der Waals surface area contributed by atoms with Crippen LogP contribution in [0.2, 0.25) is 0 Å². The number of hydrogen-bond donors (Lipinski definition) is 0. The summed E-state index contributed by atoms with van der Waals surface area (Å²) in [5.41, 5.74) is 1.25. The summed E-state index contributed by atoms with van der Waals surface area (Å²) >= 11 is 3.44. The first-order valence-electron chi connectivity index (χ1n) is 3.84. The molecule has 0 aliphatic rings. The van der Waals surface area contributed by atoms with E-state index >= 15 is 0 Å². The number of methoxy groups -OCH3 is 1. The summed E-state index contributed by atoms with van der Waals surface area (Å²) in [6.07, 6.45) is 1.77. The number of halogens is 1. The van der Waals surface area contributed by atoms with Crippen LogP contribution in [0, 0.1) is 0 Å². The molecule has 12 heavy (non-hydrogen) atoms. The molecule has 0 aliphatic carbocycles. The molecule has 1 rings (SSSR count). The van der Waals surface area contributed by atoms with Crippen LogP contribution in [0.15, 0.2) is 18.3 Å². The maximum atomic E-state index is 5.02. The fourth-order valence-corrected chi connectivity index (χ4v) is 1.31. The molecule has 1 heterocycles. The van der Waals surface area contributed by atoms with Gasteiger partial charge in [0.05, 0.1) is 7.11 Å². The van der Waals surface area contributed by atoms with Crippen LogP contribution in [0.3, 0.4) is 0 Å². The van der Waals surface area contributed by atoms with Gasteiger partial charge in [0.2, 0.25) is 5.88 Å². The SMILES string of the molecule is COc1cc(C(C)CBr)ccn1. The Morgan fingerprint density at radius 1 is 1.67 bits per heavy atom. The van der Waals surface area contributed by atoms with Crippen molar-refractivity contribution in [2.75, 3.05) is 12.4 Å². The first-order valence-corrected chi connectivity index (χ1v) is 4.96. The predicted molar refractivity (Wildman–Crippen MR) is 53.0 cm³/mol. The highest BCUT2D eigenvalue weighted by molar-refractivity contribution is 9.09. The minimum atomic E-state index is 0.502. The molecule has 0 N–H and O–H groups in total.